The van der Waals surface area contributed by atoms with Crippen molar-refractivity contribution in [2.45, 2.75) is 26.3 Å². The molecule has 0 aromatic heterocycles. The van der Waals surface area contributed by atoms with Crippen LogP contribution in [0.2, 0.25) is 0 Å². The van der Waals surface area contributed by atoms with Crippen LogP contribution in [-0.2, 0) is 9.59 Å². The van der Waals surface area contributed by atoms with Gasteiger partial charge >= 0.3 is 0 Å². The average Bonchev–Trinajstić information content (AvgIpc) is 2.38. The molecule has 6 nitrogen and oxygen atoms in total. The summed E-state index contributed by atoms with van der Waals surface area (Å²) in [6.45, 7) is 5.09. The first-order chi connectivity index (χ1) is 9.43. The van der Waals surface area contributed by atoms with Crippen LogP contribution in [0, 0.1) is 13.8 Å². The van der Waals surface area contributed by atoms with Crippen LogP contribution < -0.4 is 21.5 Å². The van der Waals surface area contributed by atoms with E-state index in [0.29, 0.717) is 18.8 Å². The first-order valence-electron chi connectivity index (χ1n) is 6.64. The predicted octanol–water partition coefficient (Wildman–Crippen LogP) is -2.44. The van der Waals surface area contributed by atoms with Crippen molar-refractivity contribution in [3.63, 3.8) is 0 Å². The number of aryl methyl sites for hydroxylation is 2. The van der Waals surface area contributed by atoms with Gasteiger partial charge in [0.15, 0.2) is 0 Å². The molecule has 1 atom stereocenters. The van der Waals surface area contributed by atoms with Crippen molar-refractivity contribution in [3.8, 4) is 0 Å². The second kappa shape index (κ2) is 7.62. The number of hydrogen-bond donors (Lipinski definition) is 3. The van der Waals surface area contributed by atoms with Gasteiger partial charge in [0.05, 0.1) is 12.4 Å². The van der Waals surface area contributed by atoms with Gasteiger partial charge in [-0.15, -0.1) is 0 Å². The Morgan fingerprint density at radius 1 is 1.35 bits per heavy atom. The fourth-order valence-electron chi connectivity index (χ4n) is 1.81. The van der Waals surface area contributed by atoms with Gasteiger partial charge in [-0.3, -0.25) is 4.79 Å². The third-order valence-electron chi connectivity index (χ3n) is 3.15. The molecule has 0 fully saturated rings. The molecule has 0 aliphatic rings. The van der Waals surface area contributed by atoms with E-state index in [1.54, 1.807) is 11.4 Å². The number of anilines is 1. The van der Waals surface area contributed by atoms with Crippen LogP contribution in [0.3, 0.4) is 0 Å². The maximum atomic E-state index is 11.8. The summed E-state index contributed by atoms with van der Waals surface area (Å²) in [5.41, 5.74) is 6.52. The van der Waals surface area contributed by atoms with E-state index in [1.807, 2.05) is 26.0 Å². The van der Waals surface area contributed by atoms with Gasteiger partial charge < -0.3 is 26.3 Å². The van der Waals surface area contributed by atoms with Gasteiger partial charge in [0.25, 0.3) is 0 Å². The number of benzene rings is 1. The molecule has 0 aliphatic heterocycles. The number of carbonyl (C=O) groups excluding carboxylic acids is 2. The van der Waals surface area contributed by atoms with Gasteiger partial charge in [0, 0.05) is 5.69 Å². The first kappa shape index (κ1) is 16.1. The Kier molecular flexibility index (Phi) is 6.14. The van der Waals surface area contributed by atoms with Gasteiger partial charge in [-0.25, -0.2) is 0 Å². The average molecular weight is 280 g/mol. The number of quaternary nitrogens is 2. The maximum Gasteiger partial charge on any atom is 0.230 e. The van der Waals surface area contributed by atoms with Crippen LogP contribution in [0.5, 0.6) is 0 Å². The Bertz CT molecular complexity index is 489. The molecule has 6 heteroatoms. The van der Waals surface area contributed by atoms with Crippen LogP contribution in [0.1, 0.15) is 17.5 Å². The zero-order chi connectivity index (χ0) is 15.1. The number of nitrogens with one attached hydrogen (secondary N) is 1. The van der Waals surface area contributed by atoms with E-state index in [9.17, 15) is 14.7 Å². The summed E-state index contributed by atoms with van der Waals surface area (Å²) in [6, 6.07) is 4.70. The van der Waals surface area contributed by atoms with Gasteiger partial charge in [0.2, 0.25) is 5.91 Å². The highest BCUT2D eigenvalue weighted by Gasteiger charge is 2.18. The lowest BCUT2D eigenvalue weighted by molar-refractivity contribution is -0.695. The van der Waals surface area contributed by atoms with E-state index in [2.05, 4.69) is 11.1 Å². The summed E-state index contributed by atoms with van der Waals surface area (Å²) >= 11 is 0. The molecule has 6 N–H and O–H groups in total. The minimum absolute atomic E-state index is 0.116. The Balaban J connectivity index is 2.60. The highest BCUT2D eigenvalue weighted by atomic mass is 16.4. The van der Waals surface area contributed by atoms with Crippen LogP contribution >= 0.6 is 0 Å². The predicted molar refractivity (Wildman–Crippen MR) is 72.5 cm³/mol. The molecule has 1 aromatic carbocycles. The van der Waals surface area contributed by atoms with Crippen LogP contribution in [0.4, 0.5) is 5.69 Å². The summed E-state index contributed by atoms with van der Waals surface area (Å²) in [4.78, 5) is 22.8. The molecule has 1 rings (SSSR count). The molecule has 0 heterocycles. The monoisotopic (exact) mass is 280 g/mol. The van der Waals surface area contributed by atoms with Crippen molar-refractivity contribution >= 4 is 17.6 Å². The topological polar surface area (TPSA) is 113 Å². The lowest BCUT2D eigenvalue weighted by Gasteiger charge is -2.15. The lowest BCUT2D eigenvalue weighted by Crippen LogP contribution is -2.95. The highest BCUT2D eigenvalue weighted by Crippen LogP contribution is 2.14. The van der Waals surface area contributed by atoms with Crippen molar-refractivity contribution in [1.29, 1.82) is 0 Å². The number of nitrogens with two attached hydrogens (primary N) is 1. The fraction of sp³-hybridized carbons (Fsp3) is 0.429. The number of hydrogen-bond acceptors (Lipinski definition) is 3. The van der Waals surface area contributed by atoms with Crippen molar-refractivity contribution in [3.05, 3.63) is 29.3 Å². The molecule has 0 unspecified atom stereocenters. The smallest absolute Gasteiger partial charge is 0.230 e. The zero-order valence-electron chi connectivity index (χ0n) is 11.9. The molecule has 20 heavy (non-hydrogen) atoms. The van der Waals surface area contributed by atoms with Crippen molar-refractivity contribution in [2.24, 2.45) is 0 Å². The summed E-state index contributed by atoms with van der Waals surface area (Å²) < 4.78 is 0. The first-order valence-corrected chi connectivity index (χ1v) is 6.64. The van der Waals surface area contributed by atoms with E-state index in [-0.39, 0.29) is 12.3 Å². The molecule has 110 valence electrons. The van der Waals surface area contributed by atoms with Crippen molar-refractivity contribution in [2.75, 3.05) is 18.4 Å². The molecule has 0 bridgehead atoms. The Labute approximate surface area is 118 Å². The molecular formula is C14H22N3O3+. The second-order valence-corrected chi connectivity index (χ2v) is 4.85. The zero-order valence-corrected chi connectivity index (χ0v) is 11.9. The maximum absolute atomic E-state index is 11.8. The van der Waals surface area contributed by atoms with Crippen LogP contribution in [0.15, 0.2) is 18.2 Å². The van der Waals surface area contributed by atoms with E-state index in [0.717, 1.165) is 11.1 Å². The van der Waals surface area contributed by atoms with Crippen molar-refractivity contribution in [1.82, 2.24) is 0 Å². The normalized spacial score (nSPS) is 11.9. The van der Waals surface area contributed by atoms with Gasteiger partial charge in [0.1, 0.15) is 19.1 Å². The third-order valence-corrected chi connectivity index (χ3v) is 3.15. The van der Waals surface area contributed by atoms with Gasteiger partial charge in [-0.05, 0) is 37.1 Å². The summed E-state index contributed by atoms with van der Waals surface area (Å²) in [6.07, 6.45) is -0.116. The quantitative estimate of drug-likeness (QED) is 0.515. The molecule has 1 aromatic rings. The Morgan fingerprint density at radius 3 is 2.60 bits per heavy atom. The number of rotatable bonds is 7. The molecule has 1 amide bonds. The number of carbonyl (C=O) groups is 2. The fourth-order valence-corrected chi connectivity index (χ4v) is 1.81. The lowest BCUT2D eigenvalue weighted by atomic mass is 10.1. The minimum atomic E-state index is -1.23. The van der Waals surface area contributed by atoms with E-state index >= 15 is 0 Å². The van der Waals surface area contributed by atoms with E-state index in [1.165, 1.54) is 0 Å². The van der Waals surface area contributed by atoms with E-state index in [4.69, 9.17) is 0 Å². The number of carboxylic acid groups (broad SMARTS) is 1. The van der Waals surface area contributed by atoms with Gasteiger partial charge in [-0.2, -0.15) is 0 Å². The number of amides is 1. The van der Waals surface area contributed by atoms with Crippen LogP contribution in [0.25, 0.3) is 0 Å². The largest absolute Gasteiger partial charge is 0.544 e. The number of carboxylic acids is 1. The summed E-state index contributed by atoms with van der Waals surface area (Å²) in [5.74, 6) is -1.56. The van der Waals surface area contributed by atoms with E-state index < -0.39 is 12.0 Å². The Morgan fingerprint density at radius 2 is 2.05 bits per heavy atom. The SMILES string of the molecule is Cc1ccc(NC(=O)C[C@H]([NH2+]CC[NH3+])C(=O)[O-])cc1C. The van der Waals surface area contributed by atoms with Crippen LogP contribution in [-0.4, -0.2) is 31.0 Å². The molecular weight excluding hydrogens is 258 g/mol. The summed E-state index contributed by atoms with van der Waals surface area (Å²) in [5, 5.41) is 15.2. The summed E-state index contributed by atoms with van der Waals surface area (Å²) in [7, 11) is 0. The minimum Gasteiger partial charge on any atom is -0.544 e. The molecule has 0 radical (unpaired) electrons. The highest BCUT2D eigenvalue weighted by molar-refractivity contribution is 5.93. The molecule has 0 saturated heterocycles. The van der Waals surface area contributed by atoms with Crippen molar-refractivity contribution < 1.29 is 25.7 Å². The standard InChI is InChI=1S/C14H21N3O3/c1-9-3-4-11(7-10(9)2)17-13(18)8-12(14(19)20)16-6-5-15/h3-4,7,12,16H,5-6,8,15H2,1-2H3,(H,17,18)(H,19,20)/p+1/t12-/m0/s1. The van der Waals surface area contributed by atoms with Gasteiger partial charge in [-0.1, -0.05) is 6.07 Å². The molecule has 0 saturated carbocycles. The molecule has 0 spiro atoms. The molecule has 0 aliphatic carbocycles. The Hall–Kier alpha value is -1.92. The third kappa shape index (κ3) is 4.99. The second-order valence-electron chi connectivity index (χ2n) is 4.85. The number of aliphatic carboxylic acids is 1.